The zero-order chi connectivity index (χ0) is 17.9. The van der Waals surface area contributed by atoms with Gasteiger partial charge in [0, 0.05) is 43.7 Å². The van der Waals surface area contributed by atoms with E-state index in [4.69, 9.17) is 0 Å². The predicted octanol–water partition coefficient (Wildman–Crippen LogP) is 2.33. The molecule has 2 saturated heterocycles. The Balaban J connectivity index is 1.63. The van der Waals surface area contributed by atoms with Gasteiger partial charge in [0.05, 0.1) is 5.56 Å². The molecular weight excluding hydrogens is 406 g/mol. The Morgan fingerprint density at radius 2 is 1.40 bits per heavy atom. The number of nitrogens with zero attached hydrogens (tertiary/aromatic N) is 3. The molecule has 0 radical (unpaired) electrons. The van der Waals surface area contributed by atoms with Crippen molar-refractivity contribution in [2.75, 3.05) is 39.3 Å². The normalized spacial score (nSPS) is 21.1. The van der Waals surface area contributed by atoms with Crippen molar-refractivity contribution in [1.29, 1.82) is 0 Å². The van der Waals surface area contributed by atoms with Crippen LogP contribution in [-0.4, -0.2) is 67.1 Å². The Morgan fingerprint density at radius 3 is 2.00 bits per heavy atom. The minimum Gasteiger partial charge on any atom is -0.336 e. The summed E-state index contributed by atoms with van der Waals surface area (Å²) in [6.07, 6.45) is 4.06. The monoisotopic (exact) mass is 429 g/mol. The highest BCUT2D eigenvalue weighted by Gasteiger charge is 2.33. The molecule has 0 unspecified atom stereocenters. The molecule has 1 aromatic rings. The molecule has 0 N–H and O–H groups in total. The van der Waals surface area contributed by atoms with Crippen molar-refractivity contribution in [3.05, 3.63) is 34.3 Å². The number of hydrogen-bond acceptors (Lipinski definition) is 3. The molecule has 3 rings (SSSR count). The number of piperazine rings is 1. The maximum atomic E-state index is 12.8. The Bertz CT molecular complexity index is 710. The lowest BCUT2D eigenvalue weighted by Crippen LogP contribution is -2.54. The fourth-order valence-electron chi connectivity index (χ4n) is 3.36. The predicted molar refractivity (Wildman–Crippen MR) is 101 cm³/mol. The first kappa shape index (κ1) is 18.8. The van der Waals surface area contributed by atoms with Crippen LogP contribution in [0.3, 0.4) is 0 Å². The number of benzene rings is 1. The molecule has 0 aliphatic carbocycles. The summed E-state index contributed by atoms with van der Waals surface area (Å²) in [5.74, 6) is -0.0562. The fraction of sp³-hybridized carbons (Fsp3) is 0.588. The summed E-state index contributed by atoms with van der Waals surface area (Å²) in [5.41, 5.74) is 0.617. The number of halogens is 1. The van der Waals surface area contributed by atoms with Gasteiger partial charge < -0.3 is 4.90 Å². The van der Waals surface area contributed by atoms with Gasteiger partial charge in [-0.3, -0.25) is 4.79 Å². The van der Waals surface area contributed by atoms with E-state index in [1.807, 2.05) is 18.2 Å². The van der Waals surface area contributed by atoms with Crippen LogP contribution in [0.25, 0.3) is 0 Å². The lowest BCUT2D eigenvalue weighted by Gasteiger charge is -2.36. The quantitative estimate of drug-likeness (QED) is 0.740. The summed E-state index contributed by atoms with van der Waals surface area (Å²) in [6.45, 7) is 2.78. The molecule has 2 fully saturated rings. The van der Waals surface area contributed by atoms with Gasteiger partial charge in [-0.2, -0.15) is 17.0 Å². The Hall–Kier alpha value is -0.960. The average molecular weight is 430 g/mol. The Morgan fingerprint density at radius 1 is 0.840 bits per heavy atom. The van der Waals surface area contributed by atoms with Crippen LogP contribution in [0.4, 0.5) is 0 Å². The first-order chi connectivity index (χ1) is 12.0. The third-order valence-corrected chi connectivity index (χ3v) is 7.57. The Labute approximate surface area is 158 Å². The van der Waals surface area contributed by atoms with Gasteiger partial charge in [-0.25, -0.2) is 0 Å². The second-order valence-corrected chi connectivity index (χ2v) is 9.27. The third-order valence-electron chi connectivity index (χ3n) is 4.85. The van der Waals surface area contributed by atoms with E-state index in [1.54, 1.807) is 15.3 Å². The maximum Gasteiger partial charge on any atom is 0.282 e. The smallest absolute Gasteiger partial charge is 0.282 e. The van der Waals surface area contributed by atoms with Crippen LogP contribution < -0.4 is 0 Å². The summed E-state index contributed by atoms with van der Waals surface area (Å²) in [5, 5.41) is 0. The molecule has 1 aromatic carbocycles. The number of amides is 1. The lowest BCUT2D eigenvalue weighted by molar-refractivity contribution is 0.0693. The lowest BCUT2D eigenvalue weighted by atomic mass is 10.2. The standard InChI is InChI=1S/C17H24BrN3O3S/c18-16-8-4-3-7-15(16)17(22)19-11-13-21(14-12-19)25(23,24)20-9-5-1-2-6-10-20/h3-4,7-8H,1-2,5-6,9-14H2. The fourth-order valence-corrected chi connectivity index (χ4v) is 5.49. The molecule has 0 bridgehead atoms. The first-order valence-corrected chi connectivity index (χ1v) is 11.0. The van der Waals surface area contributed by atoms with Crippen molar-refractivity contribution in [3.8, 4) is 0 Å². The number of hydrogen-bond donors (Lipinski definition) is 0. The van der Waals surface area contributed by atoms with Crippen molar-refractivity contribution in [1.82, 2.24) is 13.5 Å². The summed E-state index contributed by atoms with van der Waals surface area (Å²) >= 11 is 3.41. The van der Waals surface area contributed by atoms with Crippen LogP contribution in [0.5, 0.6) is 0 Å². The summed E-state index contributed by atoms with van der Waals surface area (Å²) < 4.78 is 29.6. The maximum absolute atomic E-state index is 12.8. The van der Waals surface area contributed by atoms with Crippen molar-refractivity contribution in [2.45, 2.75) is 25.7 Å². The number of carbonyl (C=O) groups is 1. The highest BCUT2D eigenvalue weighted by atomic mass is 79.9. The molecule has 25 heavy (non-hydrogen) atoms. The number of rotatable bonds is 3. The van der Waals surface area contributed by atoms with E-state index in [0.717, 1.165) is 30.2 Å². The van der Waals surface area contributed by atoms with Gasteiger partial charge in [-0.1, -0.05) is 25.0 Å². The van der Waals surface area contributed by atoms with Crippen LogP contribution >= 0.6 is 15.9 Å². The first-order valence-electron chi connectivity index (χ1n) is 8.79. The molecule has 2 heterocycles. The molecule has 0 aromatic heterocycles. The van der Waals surface area contributed by atoms with Gasteiger partial charge in [0.15, 0.2) is 0 Å². The zero-order valence-corrected chi connectivity index (χ0v) is 16.6. The van der Waals surface area contributed by atoms with Gasteiger partial charge >= 0.3 is 0 Å². The Kier molecular flexibility index (Phi) is 6.14. The van der Waals surface area contributed by atoms with E-state index in [9.17, 15) is 13.2 Å². The van der Waals surface area contributed by atoms with Gasteiger partial charge in [-0.15, -0.1) is 0 Å². The zero-order valence-electron chi connectivity index (χ0n) is 14.2. The van der Waals surface area contributed by atoms with Crippen LogP contribution in [-0.2, 0) is 10.2 Å². The molecule has 8 heteroatoms. The summed E-state index contributed by atoms with van der Waals surface area (Å²) in [4.78, 5) is 14.4. The largest absolute Gasteiger partial charge is 0.336 e. The van der Waals surface area contributed by atoms with Crippen LogP contribution in [0.2, 0.25) is 0 Å². The van der Waals surface area contributed by atoms with Gasteiger partial charge in [-0.05, 0) is 40.9 Å². The molecule has 0 saturated carbocycles. The second kappa shape index (κ2) is 8.16. The van der Waals surface area contributed by atoms with Crippen molar-refractivity contribution in [3.63, 3.8) is 0 Å². The highest BCUT2D eigenvalue weighted by Crippen LogP contribution is 2.21. The SMILES string of the molecule is O=C(c1ccccc1Br)N1CCN(S(=O)(=O)N2CCCCCC2)CC1. The van der Waals surface area contributed by atoms with E-state index in [1.165, 1.54) is 4.31 Å². The van der Waals surface area contributed by atoms with E-state index in [2.05, 4.69) is 15.9 Å². The average Bonchev–Trinajstić information content (AvgIpc) is 2.92. The topological polar surface area (TPSA) is 60.9 Å². The third kappa shape index (κ3) is 4.24. The van der Waals surface area contributed by atoms with E-state index < -0.39 is 10.2 Å². The van der Waals surface area contributed by atoms with Crippen LogP contribution in [0, 0.1) is 0 Å². The minimum atomic E-state index is -3.41. The van der Waals surface area contributed by atoms with Crippen molar-refractivity contribution in [2.24, 2.45) is 0 Å². The van der Waals surface area contributed by atoms with Gasteiger partial charge in [0.25, 0.3) is 16.1 Å². The van der Waals surface area contributed by atoms with Gasteiger partial charge in [0.2, 0.25) is 0 Å². The van der Waals surface area contributed by atoms with E-state index in [-0.39, 0.29) is 5.91 Å². The molecule has 0 spiro atoms. The van der Waals surface area contributed by atoms with Gasteiger partial charge in [0.1, 0.15) is 0 Å². The molecule has 2 aliphatic rings. The molecule has 6 nitrogen and oxygen atoms in total. The summed E-state index contributed by atoms with van der Waals surface area (Å²) in [6, 6.07) is 7.32. The van der Waals surface area contributed by atoms with Crippen LogP contribution in [0.15, 0.2) is 28.7 Å². The van der Waals surface area contributed by atoms with Crippen molar-refractivity contribution < 1.29 is 13.2 Å². The molecule has 138 valence electrons. The second-order valence-electron chi connectivity index (χ2n) is 6.49. The van der Waals surface area contributed by atoms with E-state index >= 15 is 0 Å². The highest BCUT2D eigenvalue weighted by molar-refractivity contribution is 9.10. The molecule has 0 atom stereocenters. The van der Waals surface area contributed by atoms with Crippen molar-refractivity contribution >= 4 is 32.0 Å². The molecular formula is C17H24BrN3O3S. The molecule has 2 aliphatic heterocycles. The van der Waals surface area contributed by atoms with E-state index in [0.29, 0.717) is 44.8 Å². The number of carbonyl (C=O) groups excluding carboxylic acids is 1. The molecule has 1 amide bonds. The minimum absolute atomic E-state index is 0.0562. The summed E-state index contributed by atoms with van der Waals surface area (Å²) in [7, 11) is -3.41. The van der Waals surface area contributed by atoms with Crippen LogP contribution in [0.1, 0.15) is 36.0 Å².